The Labute approximate surface area is 166 Å². The average Bonchev–Trinajstić information content (AvgIpc) is 3.17. The molecule has 1 aromatic carbocycles. The predicted octanol–water partition coefficient (Wildman–Crippen LogP) is 3.00. The van der Waals surface area contributed by atoms with Gasteiger partial charge in [-0.15, -0.1) is 0 Å². The molecule has 0 saturated heterocycles. The van der Waals surface area contributed by atoms with Crippen molar-refractivity contribution in [2.24, 2.45) is 0 Å². The van der Waals surface area contributed by atoms with E-state index in [0.717, 1.165) is 0 Å². The molecule has 8 nitrogen and oxygen atoms in total. The fourth-order valence-corrected chi connectivity index (χ4v) is 3.90. The number of methoxy groups -OCH3 is 1. The fraction of sp³-hybridized carbons (Fsp3) is 0.0500. The van der Waals surface area contributed by atoms with E-state index in [1.165, 1.54) is 37.7 Å². The van der Waals surface area contributed by atoms with Crippen molar-refractivity contribution >= 4 is 32.5 Å². The van der Waals surface area contributed by atoms with Gasteiger partial charge in [-0.25, -0.2) is 13.4 Å². The van der Waals surface area contributed by atoms with Crippen LogP contribution in [0.15, 0.2) is 72.1 Å². The average molecular weight is 408 g/mol. The molecule has 0 aliphatic carbocycles. The number of carbonyl (C=O) groups is 1. The molecule has 0 fully saturated rings. The molecule has 0 spiro atoms. The Bertz CT molecular complexity index is 1300. The lowest BCUT2D eigenvalue weighted by atomic mass is 10.0. The van der Waals surface area contributed by atoms with Gasteiger partial charge in [0.25, 0.3) is 10.0 Å². The first-order valence-corrected chi connectivity index (χ1v) is 10.0. The van der Waals surface area contributed by atoms with Gasteiger partial charge in [0.15, 0.2) is 5.78 Å². The van der Waals surface area contributed by atoms with E-state index in [1.54, 1.807) is 36.7 Å². The second-order valence-corrected chi connectivity index (χ2v) is 7.86. The van der Waals surface area contributed by atoms with Crippen molar-refractivity contribution in [3.8, 4) is 5.75 Å². The number of aromatic amines is 1. The normalized spacial score (nSPS) is 11.3. The number of rotatable bonds is 6. The van der Waals surface area contributed by atoms with Crippen LogP contribution >= 0.6 is 0 Å². The highest BCUT2D eigenvalue weighted by Crippen LogP contribution is 2.25. The van der Waals surface area contributed by atoms with Gasteiger partial charge in [0.1, 0.15) is 16.3 Å². The zero-order chi connectivity index (χ0) is 20.4. The largest absolute Gasteiger partial charge is 0.495 e. The van der Waals surface area contributed by atoms with Crippen molar-refractivity contribution in [2.75, 3.05) is 11.8 Å². The molecule has 146 valence electrons. The van der Waals surface area contributed by atoms with Gasteiger partial charge in [0.05, 0.1) is 13.3 Å². The van der Waals surface area contributed by atoms with Gasteiger partial charge in [0.2, 0.25) is 0 Å². The highest BCUT2D eigenvalue weighted by atomic mass is 32.2. The molecule has 2 N–H and O–H groups in total. The lowest BCUT2D eigenvalue weighted by molar-refractivity contribution is 0.104. The third kappa shape index (κ3) is 3.67. The Balaban J connectivity index is 1.66. The number of aromatic nitrogens is 3. The number of carbonyl (C=O) groups excluding carboxylic acids is 1. The molecule has 29 heavy (non-hydrogen) atoms. The summed E-state index contributed by atoms with van der Waals surface area (Å²) in [6.07, 6.45) is 5.87. The second kappa shape index (κ2) is 7.36. The molecule has 3 aromatic heterocycles. The van der Waals surface area contributed by atoms with Crippen LogP contribution in [0.1, 0.15) is 15.9 Å². The van der Waals surface area contributed by atoms with Crippen LogP contribution in [0.25, 0.3) is 11.0 Å². The van der Waals surface area contributed by atoms with E-state index in [-0.39, 0.29) is 16.4 Å². The van der Waals surface area contributed by atoms with Crippen molar-refractivity contribution in [2.45, 2.75) is 4.90 Å². The summed E-state index contributed by atoms with van der Waals surface area (Å²) < 4.78 is 32.6. The Morgan fingerprint density at radius 1 is 1.14 bits per heavy atom. The topological polar surface area (TPSA) is 114 Å². The first-order chi connectivity index (χ1) is 14.0. The molecule has 0 amide bonds. The van der Waals surface area contributed by atoms with Crippen molar-refractivity contribution in [1.82, 2.24) is 15.0 Å². The van der Waals surface area contributed by atoms with Crippen LogP contribution in [0.3, 0.4) is 0 Å². The maximum atomic E-state index is 13.0. The van der Waals surface area contributed by atoms with Crippen LogP contribution in [0.5, 0.6) is 5.75 Å². The van der Waals surface area contributed by atoms with Crippen molar-refractivity contribution < 1.29 is 17.9 Å². The van der Waals surface area contributed by atoms with Gasteiger partial charge in [-0.2, -0.15) is 0 Å². The first kappa shape index (κ1) is 18.6. The third-order valence-corrected chi connectivity index (χ3v) is 5.67. The molecule has 4 aromatic rings. The molecule has 0 aliphatic rings. The first-order valence-electron chi connectivity index (χ1n) is 8.57. The predicted molar refractivity (Wildman–Crippen MR) is 108 cm³/mol. The summed E-state index contributed by atoms with van der Waals surface area (Å²) in [4.78, 5) is 24.1. The van der Waals surface area contributed by atoms with Crippen LogP contribution in [0, 0.1) is 0 Å². The van der Waals surface area contributed by atoms with E-state index < -0.39 is 10.0 Å². The van der Waals surface area contributed by atoms with Gasteiger partial charge < -0.3 is 9.72 Å². The molecule has 0 radical (unpaired) electrons. The zero-order valence-corrected chi connectivity index (χ0v) is 16.1. The minimum absolute atomic E-state index is 0.0338. The maximum absolute atomic E-state index is 13.0. The second-order valence-electron chi connectivity index (χ2n) is 6.18. The quantitative estimate of drug-likeness (QED) is 0.474. The van der Waals surface area contributed by atoms with Crippen LogP contribution in [-0.4, -0.2) is 36.3 Å². The third-order valence-electron chi connectivity index (χ3n) is 4.31. The number of ether oxygens (including phenoxy) is 1. The molecule has 0 saturated carbocycles. The van der Waals surface area contributed by atoms with E-state index in [2.05, 4.69) is 19.7 Å². The number of hydrogen-bond donors (Lipinski definition) is 2. The molecule has 4 rings (SSSR count). The van der Waals surface area contributed by atoms with Crippen LogP contribution in [0.2, 0.25) is 0 Å². The minimum Gasteiger partial charge on any atom is -0.495 e. The molecular formula is C20H16N4O4S. The number of nitrogens with one attached hydrogen (secondary N) is 2. The summed E-state index contributed by atoms with van der Waals surface area (Å²) in [6, 6.07) is 11.0. The molecular weight excluding hydrogens is 392 g/mol. The number of sulfonamides is 1. The lowest BCUT2D eigenvalue weighted by Gasteiger charge is -2.09. The molecule has 0 unspecified atom stereocenters. The Morgan fingerprint density at radius 3 is 2.76 bits per heavy atom. The van der Waals surface area contributed by atoms with E-state index in [0.29, 0.717) is 27.9 Å². The summed E-state index contributed by atoms with van der Waals surface area (Å²) in [5.41, 5.74) is 1.58. The monoisotopic (exact) mass is 408 g/mol. The summed E-state index contributed by atoms with van der Waals surface area (Å²) in [6.45, 7) is 0. The number of anilines is 1. The number of benzene rings is 1. The van der Waals surface area contributed by atoms with E-state index in [4.69, 9.17) is 4.74 Å². The fourth-order valence-electron chi connectivity index (χ4n) is 2.88. The maximum Gasteiger partial charge on any atom is 0.263 e. The standard InChI is InChI=1S/C20H16N4O4S/c1-28-15-9-17-18(12-23-20(17)22-10-15)19(25)13-4-2-5-14(8-13)24-29(26,27)16-6-3-7-21-11-16/h2-12,24H,1H3,(H,22,23). The highest BCUT2D eigenvalue weighted by Gasteiger charge is 2.18. The van der Waals surface area contributed by atoms with E-state index in [9.17, 15) is 13.2 Å². The Morgan fingerprint density at radius 2 is 2.00 bits per heavy atom. The molecule has 3 heterocycles. The number of H-pyrrole nitrogens is 1. The van der Waals surface area contributed by atoms with Gasteiger partial charge in [-0.05, 0) is 30.3 Å². The van der Waals surface area contributed by atoms with Gasteiger partial charge >= 0.3 is 0 Å². The van der Waals surface area contributed by atoms with Crippen molar-refractivity contribution in [1.29, 1.82) is 0 Å². The number of hydrogen-bond acceptors (Lipinski definition) is 6. The zero-order valence-electron chi connectivity index (χ0n) is 15.3. The van der Waals surface area contributed by atoms with Gasteiger partial charge in [-0.3, -0.25) is 14.5 Å². The summed E-state index contributed by atoms with van der Waals surface area (Å²) in [7, 11) is -2.29. The van der Waals surface area contributed by atoms with Crippen LogP contribution in [0.4, 0.5) is 5.69 Å². The number of pyridine rings is 2. The molecule has 0 aliphatic heterocycles. The molecule has 0 bridgehead atoms. The van der Waals surface area contributed by atoms with E-state index >= 15 is 0 Å². The number of fused-ring (bicyclic) bond motifs is 1. The number of ketones is 1. The SMILES string of the molecule is COc1cnc2[nH]cc(C(=O)c3cccc(NS(=O)(=O)c4cccnc4)c3)c2c1. The highest BCUT2D eigenvalue weighted by molar-refractivity contribution is 7.92. The minimum atomic E-state index is -3.81. The molecule has 0 atom stereocenters. The summed E-state index contributed by atoms with van der Waals surface area (Å²) >= 11 is 0. The molecule has 9 heteroatoms. The summed E-state index contributed by atoms with van der Waals surface area (Å²) in [5.74, 6) is 0.262. The van der Waals surface area contributed by atoms with Crippen molar-refractivity contribution in [3.05, 3.63) is 78.4 Å². The Hall–Kier alpha value is -3.72. The number of nitrogens with zero attached hydrogens (tertiary/aromatic N) is 2. The van der Waals surface area contributed by atoms with E-state index in [1.807, 2.05) is 0 Å². The smallest absolute Gasteiger partial charge is 0.263 e. The van der Waals surface area contributed by atoms with Crippen LogP contribution in [-0.2, 0) is 10.0 Å². The Kier molecular flexibility index (Phi) is 4.73. The van der Waals surface area contributed by atoms with Gasteiger partial charge in [-0.1, -0.05) is 12.1 Å². The summed E-state index contributed by atoms with van der Waals surface area (Å²) in [5, 5.41) is 0.621. The van der Waals surface area contributed by atoms with Crippen LogP contribution < -0.4 is 9.46 Å². The lowest BCUT2D eigenvalue weighted by Crippen LogP contribution is -2.13. The van der Waals surface area contributed by atoms with Gasteiger partial charge in [0, 0.05) is 40.8 Å². The van der Waals surface area contributed by atoms with Crippen molar-refractivity contribution in [3.63, 3.8) is 0 Å².